The lowest BCUT2D eigenvalue weighted by Crippen LogP contribution is -2.43. The molecule has 132 valence electrons. The minimum absolute atomic E-state index is 0.0531. The van der Waals surface area contributed by atoms with E-state index in [1.165, 1.54) is 0 Å². The summed E-state index contributed by atoms with van der Waals surface area (Å²) in [6.07, 6.45) is 6.74. The van der Waals surface area contributed by atoms with Crippen molar-refractivity contribution in [2.24, 2.45) is 5.92 Å². The molecule has 24 heavy (non-hydrogen) atoms. The zero-order valence-corrected chi connectivity index (χ0v) is 13.8. The third-order valence-electron chi connectivity index (χ3n) is 4.62. The number of ether oxygens (including phenoxy) is 1. The van der Waals surface area contributed by atoms with Crippen molar-refractivity contribution in [2.45, 2.75) is 38.3 Å². The van der Waals surface area contributed by atoms with E-state index in [4.69, 9.17) is 4.74 Å². The predicted octanol–water partition coefficient (Wildman–Crippen LogP) is 0.626. The van der Waals surface area contributed by atoms with Gasteiger partial charge in [0.25, 0.3) is 0 Å². The molecule has 3 rings (SSSR count). The average Bonchev–Trinajstić information content (AvgIpc) is 3.17. The summed E-state index contributed by atoms with van der Waals surface area (Å²) in [6, 6.07) is 0. The van der Waals surface area contributed by atoms with Crippen molar-refractivity contribution in [3.63, 3.8) is 0 Å². The van der Waals surface area contributed by atoms with Crippen LogP contribution >= 0.6 is 0 Å². The molecule has 3 N–H and O–H groups in total. The van der Waals surface area contributed by atoms with Gasteiger partial charge in [-0.05, 0) is 25.8 Å². The smallest absolute Gasteiger partial charge is 0.407 e. The molecule has 1 atom stereocenters. The number of amides is 2. The van der Waals surface area contributed by atoms with E-state index >= 15 is 0 Å². The molecule has 1 aliphatic heterocycles. The first-order valence-corrected chi connectivity index (χ1v) is 8.63. The Morgan fingerprint density at radius 3 is 2.88 bits per heavy atom. The van der Waals surface area contributed by atoms with Gasteiger partial charge in [0.05, 0.1) is 18.6 Å². The van der Waals surface area contributed by atoms with Crippen LogP contribution in [0.5, 0.6) is 0 Å². The number of alkyl carbamates (subject to hydrolysis) is 1. The molecule has 0 aromatic carbocycles. The van der Waals surface area contributed by atoms with Crippen molar-refractivity contribution < 1.29 is 14.3 Å². The van der Waals surface area contributed by atoms with Crippen molar-refractivity contribution in [3.8, 4) is 0 Å². The number of hydrogen-bond donors (Lipinski definition) is 3. The number of rotatable bonds is 7. The molecule has 2 heterocycles. The van der Waals surface area contributed by atoms with E-state index in [1.54, 1.807) is 17.4 Å². The molecule has 1 unspecified atom stereocenters. The molecule has 2 aliphatic rings. The summed E-state index contributed by atoms with van der Waals surface area (Å²) in [4.78, 5) is 33.1. The summed E-state index contributed by atoms with van der Waals surface area (Å²) >= 11 is 0. The van der Waals surface area contributed by atoms with Gasteiger partial charge in [0.1, 0.15) is 6.10 Å². The number of imidazole rings is 1. The van der Waals surface area contributed by atoms with Crippen LogP contribution in [-0.4, -0.2) is 59.2 Å². The highest BCUT2D eigenvalue weighted by Gasteiger charge is 2.29. The van der Waals surface area contributed by atoms with Gasteiger partial charge in [-0.15, -0.1) is 0 Å². The minimum Gasteiger partial charge on any atom is -0.445 e. The van der Waals surface area contributed by atoms with Gasteiger partial charge in [0.15, 0.2) is 0 Å². The normalized spacial score (nSPS) is 20.4. The molecular formula is C16H25N5O3. The van der Waals surface area contributed by atoms with Crippen molar-refractivity contribution in [2.75, 3.05) is 26.2 Å². The summed E-state index contributed by atoms with van der Waals surface area (Å²) in [5.74, 6) is 0.287. The maximum absolute atomic E-state index is 12.5. The Kier molecular flexibility index (Phi) is 5.68. The number of carbonyl (C=O) groups excluding carboxylic acids is 2. The Balaban J connectivity index is 1.45. The summed E-state index contributed by atoms with van der Waals surface area (Å²) in [6.45, 7) is 2.92. The first-order chi connectivity index (χ1) is 11.7. The van der Waals surface area contributed by atoms with Gasteiger partial charge in [-0.25, -0.2) is 9.78 Å². The second kappa shape index (κ2) is 8.14. The van der Waals surface area contributed by atoms with Gasteiger partial charge in [-0.3, -0.25) is 4.79 Å². The molecular weight excluding hydrogens is 310 g/mol. The number of hydrogen-bond acceptors (Lipinski definition) is 5. The van der Waals surface area contributed by atoms with Gasteiger partial charge < -0.3 is 25.3 Å². The number of nitrogens with one attached hydrogen (secondary N) is 3. The number of nitrogens with zero attached hydrogens (tertiary/aromatic N) is 2. The highest BCUT2D eigenvalue weighted by Crippen LogP contribution is 2.28. The molecule has 0 spiro atoms. The Labute approximate surface area is 141 Å². The molecule has 2 fully saturated rings. The lowest BCUT2D eigenvalue weighted by molar-refractivity contribution is -0.138. The SMILES string of the molecule is O=C(NCCN(Cc1cnc[nH]1)C(=O)C1CCC1)OC1CCNC1. The van der Waals surface area contributed by atoms with E-state index in [1.807, 2.05) is 0 Å². The number of aromatic nitrogens is 2. The Morgan fingerprint density at radius 1 is 1.38 bits per heavy atom. The lowest BCUT2D eigenvalue weighted by atomic mass is 9.84. The van der Waals surface area contributed by atoms with E-state index in [0.29, 0.717) is 26.2 Å². The van der Waals surface area contributed by atoms with Crippen LogP contribution in [0.2, 0.25) is 0 Å². The highest BCUT2D eigenvalue weighted by molar-refractivity contribution is 5.79. The minimum atomic E-state index is -0.415. The van der Waals surface area contributed by atoms with Crippen LogP contribution in [0, 0.1) is 5.92 Å². The van der Waals surface area contributed by atoms with Crippen LogP contribution in [0.25, 0.3) is 0 Å². The van der Waals surface area contributed by atoms with Gasteiger partial charge in [-0.2, -0.15) is 0 Å². The van der Waals surface area contributed by atoms with Crippen molar-refractivity contribution in [3.05, 3.63) is 18.2 Å². The molecule has 1 aromatic rings. The summed E-state index contributed by atoms with van der Waals surface area (Å²) < 4.78 is 5.31. The molecule has 0 bridgehead atoms. The topological polar surface area (TPSA) is 99.4 Å². The summed E-state index contributed by atoms with van der Waals surface area (Å²) in [7, 11) is 0. The van der Waals surface area contributed by atoms with Gasteiger partial charge in [0.2, 0.25) is 5.91 Å². The Hall–Kier alpha value is -2.09. The molecule has 1 saturated heterocycles. The maximum Gasteiger partial charge on any atom is 0.407 e. The van der Waals surface area contributed by atoms with Crippen molar-refractivity contribution in [1.29, 1.82) is 0 Å². The van der Waals surface area contributed by atoms with Crippen molar-refractivity contribution >= 4 is 12.0 Å². The molecule has 2 amide bonds. The highest BCUT2D eigenvalue weighted by atomic mass is 16.6. The molecule has 8 heteroatoms. The van der Waals surface area contributed by atoms with Gasteiger partial charge in [-0.1, -0.05) is 6.42 Å². The van der Waals surface area contributed by atoms with E-state index in [9.17, 15) is 9.59 Å². The third-order valence-corrected chi connectivity index (χ3v) is 4.62. The monoisotopic (exact) mass is 335 g/mol. The van der Waals surface area contributed by atoms with E-state index < -0.39 is 6.09 Å². The second-order valence-electron chi connectivity index (χ2n) is 6.41. The lowest BCUT2D eigenvalue weighted by Gasteiger charge is -2.31. The van der Waals surface area contributed by atoms with Crippen LogP contribution in [0.1, 0.15) is 31.4 Å². The van der Waals surface area contributed by atoms with Crippen LogP contribution in [-0.2, 0) is 16.1 Å². The van der Waals surface area contributed by atoms with Crippen LogP contribution in [0.4, 0.5) is 4.79 Å². The molecule has 0 radical (unpaired) electrons. The zero-order valence-electron chi connectivity index (χ0n) is 13.8. The van der Waals surface area contributed by atoms with E-state index in [2.05, 4.69) is 20.6 Å². The summed E-state index contributed by atoms with van der Waals surface area (Å²) in [5, 5.41) is 5.89. The average molecular weight is 335 g/mol. The third kappa shape index (κ3) is 4.47. The molecule has 1 saturated carbocycles. The van der Waals surface area contributed by atoms with Gasteiger partial charge >= 0.3 is 6.09 Å². The number of carbonyl (C=O) groups is 2. The van der Waals surface area contributed by atoms with Gasteiger partial charge in [0, 0.05) is 31.7 Å². The Morgan fingerprint density at radius 2 is 2.25 bits per heavy atom. The zero-order chi connectivity index (χ0) is 16.8. The van der Waals surface area contributed by atoms with E-state index in [0.717, 1.165) is 37.9 Å². The van der Waals surface area contributed by atoms with Crippen molar-refractivity contribution in [1.82, 2.24) is 25.5 Å². The molecule has 8 nitrogen and oxygen atoms in total. The summed E-state index contributed by atoms with van der Waals surface area (Å²) in [5.41, 5.74) is 0.891. The quantitative estimate of drug-likeness (QED) is 0.679. The fourth-order valence-electron chi connectivity index (χ4n) is 2.97. The fraction of sp³-hybridized carbons (Fsp3) is 0.688. The Bertz CT molecular complexity index is 538. The first kappa shape index (κ1) is 16.8. The van der Waals surface area contributed by atoms with Crippen LogP contribution in [0.15, 0.2) is 12.5 Å². The van der Waals surface area contributed by atoms with Crippen LogP contribution in [0.3, 0.4) is 0 Å². The second-order valence-corrected chi connectivity index (χ2v) is 6.41. The largest absolute Gasteiger partial charge is 0.445 e. The standard InChI is InChI=1S/C16H25N5O3/c22-15(12-2-1-3-12)21(10-13-8-18-11-20-13)7-6-19-16(23)24-14-4-5-17-9-14/h8,11-12,14,17H,1-7,9-10H2,(H,18,20)(H,19,23). The predicted molar refractivity (Wildman–Crippen MR) is 87.1 cm³/mol. The molecule has 1 aliphatic carbocycles. The molecule has 1 aromatic heterocycles. The first-order valence-electron chi connectivity index (χ1n) is 8.63. The fourth-order valence-corrected chi connectivity index (χ4v) is 2.97. The maximum atomic E-state index is 12.5. The van der Waals surface area contributed by atoms with Crippen LogP contribution < -0.4 is 10.6 Å². The van der Waals surface area contributed by atoms with E-state index in [-0.39, 0.29) is 17.9 Å². The number of aromatic amines is 1. The number of H-pyrrole nitrogens is 1.